The van der Waals surface area contributed by atoms with Gasteiger partial charge in [0.2, 0.25) is 0 Å². The SMILES string of the molecule is O=[N+]([O-])c1ccc2c(c1)/C(=C/c1ccccc1OCCN1CCCCC1)c1ccccc1-2. The van der Waals surface area contributed by atoms with Crippen LogP contribution in [0.15, 0.2) is 66.7 Å². The average molecular weight is 427 g/mol. The van der Waals surface area contributed by atoms with Crippen LogP contribution in [-0.4, -0.2) is 36.1 Å². The van der Waals surface area contributed by atoms with Crippen LogP contribution < -0.4 is 4.74 Å². The van der Waals surface area contributed by atoms with Crippen LogP contribution in [0, 0.1) is 10.1 Å². The number of nitro benzene ring substituents is 1. The molecular weight excluding hydrogens is 400 g/mol. The Hall–Kier alpha value is -3.44. The Morgan fingerprint density at radius 2 is 1.59 bits per heavy atom. The first-order valence-electron chi connectivity index (χ1n) is 11.3. The summed E-state index contributed by atoms with van der Waals surface area (Å²) in [5.41, 5.74) is 6.19. The molecule has 0 N–H and O–H groups in total. The lowest BCUT2D eigenvalue weighted by atomic mass is 10.0. The van der Waals surface area contributed by atoms with Gasteiger partial charge in [0.15, 0.2) is 0 Å². The quantitative estimate of drug-likeness (QED) is 0.279. The van der Waals surface area contributed by atoms with Crippen molar-refractivity contribution in [3.63, 3.8) is 0 Å². The van der Waals surface area contributed by atoms with E-state index in [1.807, 2.05) is 42.5 Å². The Labute approximate surface area is 188 Å². The molecule has 5 nitrogen and oxygen atoms in total. The topological polar surface area (TPSA) is 55.6 Å². The predicted molar refractivity (Wildman–Crippen MR) is 128 cm³/mol. The molecule has 1 saturated heterocycles. The van der Waals surface area contributed by atoms with Crippen LogP contribution in [0.4, 0.5) is 5.69 Å². The molecule has 0 radical (unpaired) electrons. The molecule has 3 aromatic carbocycles. The molecule has 1 aliphatic carbocycles. The number of hydrogen-bond acceptors (Lipinski definition) is 4. The molecule has 5 heteroatoms. The van der Waals surface area contributed by atoms with E-state index in [0.29, 0.717) is 6.61 Å². The second kappa shape index (κ2) is 8.97. The molecule has 0 atom stereocenters. The number of para-hydroxylation sites is 1. The number of nitrogens with zero attached hydrogens (tertiary/aromatic N) is 2. The molecule has 1 heterocycles. The number of rotatable bonds is 6. The summed E-state index contributed by atoms with van der Waals surface area (Å²) < 4.78 is 6.19. The summed E-state index contributed by atoms with van der Waals surface area (Å²) in [6, 6.07) is 21.3. The molecule has 1 fully saturated rings. The Morgan fingerprint density at radius 1 is 0.875 bits per heavy atom. The zero-order valence-corrected chi connectivity index (χ0v) is 18.0. The van der Waals surface area contributed by atoms with Gasteiger partial charge in [-0.05, 0) is 72.0 Å². The van der Waals surface area contributed by atoms with Gasteiger partial charge in [0.1, 0.15) is 12.4 Å². The fourth-order valence-electron chi connectivity index (χ4n) is 4.71. The lowest BCUT2D eigenvalue weighted by Crippen LogP contribution is -2.33. The molecule has 5 rings (SSSR count). The minimum absolute atomic E-state index is 0.105. The van der Waals surface area contributed by atoms with Gasteiger partial charge in [-0.3, -0.25) is 15.0 Å². The van der Waals surface area contributed by atoms with E-state index in [-0.39, 0.29) is 10.6 Å². The highest BCUT2D eigenvalue weighted by atomic mass is 16.6. The summed E-state index contributed by atoms with van der Waals surface area (Å²) in [6.07, 6.45) is 5.97. The summed E-state index contributed by atoms with van der Waals surface area (Å²) in [4.78, 5) is 13.5. The normalized spacial score (nSPS) is 16.6. The summed E-state index contributed by atoms with van der Waals surface area (Å²) in [6.45, 7) is 3.89. The van der Waals surface area contributed by atoms with Gasteiger partial charge in [-0.25, -0.2) is 0 Å². The molecular formula is C27H26N2O3. The largest absolute Gasteiger partial charge is 0.492 e. The van der Waals surface area contributed by atoms with Gasteiger partial charge in [0.05, 0.1) is 4.92 Å². The smallest absolute Gasteiger partial charge is 0.270 e. The third kappa shape index (κ3) is 4.04. The van der Waals surface area contributed by atoms with E-state index in [9.17, 15) is 10.1 Å². The third-order valence-corrected chi connectivity index (χ3v) is 6.34. The first kappa shape index (κ1) is 20.5. The number of hydrogen-bond donors (Lipinski definition) is 0. The van der Waals surface area contributed by atoms with Crippen molar-refractivity contribution in [2.24, 2.45) is 0 Å². The molecule has 0 saturated carbocycles. The van der Waals surface area contributed by atoms with Gasteiger partial charge in [-0.1, -0.05) is 48.9 Å². The highest BCUT2D eigenvalue weighted by Gasteiger charge is 2.25. The van der Waals surface area contributed by atoms with Gasteiger partial charge in [-0.15, -0.1) is 0 Å². The fourth-order valence-corrected chi connectivity index (χ4v) is 4.71. The molecule has 0 spiro atoms. The minimum Gasteiger partial charge on any atom is -0.492 e. The van der Waals surface area contributed by atoms with E-state index in [2.05, 4.69) is 23.1 Å². The van der Waals surface area contributed by atoms with E-state index in [4.69, 9.17) is 4.74 Å². The molecule has 0 bridgehead atoms. The maximum absolute atomic E-state index is 11.4. The predicted octanol–water partition coefficient (Wildman–Crippen LogP) is 6.03. The van der Waals surface area contributed by atoms with E-state index >= 15 is 0 Å². The lowest BCUT2D eigenvalue weighted by Gasteiger charge is -2.26. The van der Waals surface area contributed by atoms with E-state index < -0.39 is 0 Å². The second-order valence-corrected chi connectivity index (χ2v) is 8.38. The minimum atomic E-state index is -0.335. The second-order valence-electron chi connectivity index (χ2n) is 8.38. The maximum atomic E-state index is 11.4. The Balaban J connectivity index is 1.47. The lowest BCUT2D eigenvalue weighted by molar-refractivity contribution is -0.384. The highest BCUT2D eigenvalue weighted by molar-refractivity contribution is 6.07. The number of piperidine rings is 1. The van der Waals surface area contributed by atoms with E-state index in [1.54, 1.807) is 12.1 Å². The van der Waals surface area contributed by atoms with Crippen LogP contribution in [0.1, 0.15) is 36.0 Å². The van der Waals surface area contributed by atoms with Crippen molar-refractivity contribution in [1.29, 1.82) is 0 Å². The zero-order chi connectivity index (χ0) is 21.9. The first-order chi connectivity index (χ1) is 15.7. The van der Waals surface area contributed by atoms with E-state index in [0.717, 1.165) is 58.8 Å². The van der Waals surface area contributed by atoms with E-state index in [1.165, 1.54) is 19.3 Å². The highest BCUT2D eigenvalue weighted by Crippen LogP contribution is 2.46. The molecule has 2 aliphatic rings. The molecule has 0 unspecified atom stereocenters. The number of likely N-dealkylation sites (tertiary alicyclic amines) is 1. The van der Waals surface area contributed by atoms with Crippen molar-refractivity contribution < 1.29 is 9.66 Å². The number of fused-ring (bicyclic) bond motifs is 3. The van der Waals surface area contributed by atoms with Gasteiger partial charge in [0.25, 0.3) is 5.69 Å². The fraction of sp³-hybridized carbons (Fsp3) is 0.259. The summed E-state index contributed by atoms with van der Waals surface area (Å²) >= 11 is 0. The molecule has 32 heavy (non-hydrogen) atoms. The van der Waals surface area contributed by atoms with Gasteiger partial charge < -0.3 is 4.74 Å². The monoisotopic (exact) mass is 426 g/mol. The summed E-state index contributed by atoms with van der Waals surface area (Å²) in [7, 11) is 0. The van der Waals surface area contributed by atoms with Gasteiger partial charge >= 0.3 is 0 Å². The number of non-ortho nitro benzene ring substituents is 1. The van der Waals surface area contributed by atoms with Gasteiger partial charge in [0, 0.05) is 24.2 Å². The Kier molecular flexibility index (Phi) is 5.73. The van der Waals surface area contributed by atoms with Crippen LogP contribution in [0.5, 0.6) is 5.75 Å². The Morgan fingerprint density at radius 3 is 2.41 bits per heavy atom. The van der Waals surface area contributed by atoms with Crippen molar-refractivity contribution in [2.45, 2.75) is 19.3 Å². The van der Waals surface area contributed by atoms with Crippen LogP contribution in [0.3, 0.4) is 0 Å². The van der Waals surface area contributed by atoms with Crippen molar-refractivity contribution in [2.75, 3.05) is 26.2 Å². The van der Waals surface area contributed by atoms with Crippen LogP contribution >= 0.6 is 0 Å². The third-order valence-electron chi connectivity index (χ3n) is 6.34. The number of ether oxygens (including phenoxy) is 1. The van der Waals surface area contributed by atoms with Crippen molar-refractivity contribution in [3.8, 4) is 16.9 Å². The van der Waals surface area contributed by atoms with Crippen molar-refractivity contribution in [3.05, 3.63) is 93.5 Å². The van der Waals surface area contributed by atoms with Crippen LogP contribution in [-0.2, 0) is 0 Å². The van der Waals surface area contributed by atoms with Crippen LogP contribution in [0.2, 0.25) is 0 Å². The maximum Gasteiger partial charge on any atom is 0.270 e. The molecule has 0 aromatic heterocycles. The summed E-state index contributed by atoms with van der Waals surface area (Å²) in [5.74, 6) is 0.841. The van der Waals surface area contributed by atoms with Gasteiger partial charge in [-0.2, -0.15) is 0 Å². The Bertz CT molecular complexity index is 1180. The molecule has 162 valence electrons. The first-order valence-corrected chi connectivity index (χ1v) is 11.3. The standard InChI is InChI=1S/C27H26N2O3/c30-29(31)21-12-13-24-22-9-3-4-10-23(22)25(26(24)19-21)18-20-8-2-5-11-27(20)32-17-16-28-14-6-1-7-15-28/h2-5,8-13,18-19H,1,6-7,14-17H2/b25-18+. The zero-order valence-electron chi connectivity index (χ0n) is 18.0. The van der Waals surface area contributed by atoms with Crippen LogP contribution in [0.25, 0.3) is 22.8 Å². The number of nitro groups is 1. The average Bonchev–Trinajstić information content (AvgIpc) is 3.14. The molecule has 3 aromatic rings. The van der Waals surface area contributed by atoms with Crippen molar-refractivity contribution >= 4 is 17.3 Å². The van der Waals surface area contributed by atoms with Crippen molar-refractivity contribution in [1.82, 2.24) is 4.90 Å². The number of benzene rings is 3. The molecule has 1 aliphatic heterocycles. The molecule has 0 amide bonds. The summed E-state index contributed by atoms with van der Waals surface area (Å²) in [5, 5.41) is 11.4.